The van der Waals surface area contributed by atoms with E-state index in [1.165, 1.54) is 12.1 Å². The Morgan fingerprint density at radius 3 is 2.76 bits per heavy atom. The van der Waals surface area contributed by atoms with Crippen molar-refractivity contribution in [3.63, 3.8) is 0 Å². The van der Waals surface area contributed by atoms with Gasteiger partial charge in [-0.3, -0.25) is 0 Å². The van der Waals surface area contributed by atoms with Crippen molar-refractivity contribution >= 4 is 27.9 Å². The molecule has 3 heterocycles. The molecule has 1 fully saturated rings. The first-order valence-electron chi connectivity index (χ1n) is 11.1. The fourth-order valence-corrected chi connectivity index (χ4v) is 6.04. The number of nitrogens with zero attached hydrogens (tertiary/aromatic N) is 2. The highest BCUT2D eigenvalue weighted by molar-refractivity contribution is 7.91. The van der Waals surface area contributed by atoms with E-state index in [0.29, 0.717) is 71.2 Å². The minimum absolute atomic E-state index is 0.0515. The first-order valence-corrected chi connectivity index (χ1v) is 12.6. The Hall–Kier alpha value is -2.56. The summed E-state index contributed by atoms with van der Waals surface area (Å²) < 4.78 is 58.6. The topological polar surface area (TPSA) is 90.3 Å². The van der Waals surface area contributed by atoms with E-state index in [0.717, 1.165) is 11.6 Å². The lowest BCUT2D eigenvalue weighted by Crippen LogP contribution is -2.37. The number of rotatable bonds is 5. The molecule has 2 aliphatic heterocycles. The zero-order valence-electron chi connectivity index (χ0n) is 18.5. The number of anilines is 1. The van der Waals surface area contributed by atoms with Gasteiger partial charge in [0.05, 0.1) is 17.7 Å². The van der Waals surface area contributed by atoms with Gasteiger partial charge in [-0.05, 0) is 13.0 Å². The molecule has 5 rings (SSSR count). The van der Waals surface area contributed by atoms with Gasteiger partial charge >= 0.3 is 0 Å². The number of aromatic nitrogens is 2. The van der Waals surface area contributed by atoms with E-state index in [4.69, 9.17) is 4.74 Å². The van der Waals surface area contributed by atoms with Gasteiger partial charge in [0.2, 0.25) is 0 Å². The summed E-state index contributed by atoms with van der Waals surface area (Å²) in [4.78, 5) is 9.09. The molecule has 34 heavy (non-hydrogen) atoms. The SMILES string of the molecule is Cc1nc(NCc2cccc(C(F)F)c2F)c2cc(C3(O)CC[S+]([O-])CC3)c3c(c2n1)CCO3. The van der Waals surface area contributed by atoms with Crippen LogP contribution in [0.2, 0.25) is 0 Å². The van der Waals surface area contributed by atoms with Crippen molar-refractivity contribution in [2.75, 3.05) is 23.4 Å². The van der Waals surface area contributed by atoms with Crippen molar-refractivity contribution in [1.29, 1.82) is 0 Å². The van der Waals surface area contributed by atoms with Crippen LogP contribution in [0.4, 0.5) is 19.0 Å². The number of aryl methyl sites for hydroxylation is 1. The van der Waals surface area contributed by atoms with E-state index in [1.54, 1.807) is 13.0 Å². The Morgan fingerprint density at radius 1 is 1.26 bits per heavy atom. The van der Waals surface area contributed by atoms with E-state index < -0.39 is 34.6 Å². The van der Waals surface area contributed by atoms with Gasteiger partial charge in [-0.15, -0.1) is 0 Å². The molecule has 2 N–H and O–H groups in total. The second-order valence-electron chi connectivity index (χ2n) is 8.70. The Labute approximate surface area is 197 Å². The van der Waals surface area contributed by atoms with Crippen LogP contribution in [0, 0.1) is 12.7 Å². The summed E-state index contributed by atoms with van der Waals surface area (Å²) in [6, 6.07) is 5.71. The second-order valence-corrected chi connectivity index (χ2v) is 10.4. The number of hydrogen-bond acceptors (Lipinski definition) is 6. The maximum absolute atomic E-state index is 14.6. The number of hydrogen-bond donors (Lipinski definition) is 2. The molecule has 1 saturated heterocycles. The molecule has 1 aromatic heterocycles. The molecule has 0 aliphatic carbocycles. The fraction of sp³-hybridized carbons (Fsp3) is 0.417. The molecule has 0 bridgehead atoms. The first kappa shape index (κ1) is 23.2. The highest BCUT2D eigenvalue weighted by Gasteiger charge is 2.41. The zero-order chi connectivity index (χ0) is 24.0. The highest BCUT2D eigenvalue weighted by Crippen LogP contribution is 2.46. The van der Waals surface area contributed by atoms with Crippen LogP contribution < -0.4 is 10.1 Å². The molecule has 2 aromatic carbocycles. The molecule has 180 valence electrons. The summed E-state index contributed by atoms with van der Waals surface area (Å²) in [6.07, 6.45) is -1.59. The molecule has 3 aromatic rings. The van der Waals surface area contributed by atoms with Gasteiger partial charge in [0.25, 0.3) is 6.43 Å². The van der Waals surface area contributed by atoms with E-state index in [9.17, 15) is 22.8 Å². The van der Waals surface area contributed by atoms with Gasteiger partial charge in [0.1, 0.15) is 40.3 Å². The number of aliphatic hydroxyl groups is 1. The van der Waals surface area contributed by atoms with Gasteiger partial charge in [-0.25, -0.2) is 23.1 Å². The molecule has 0 spiro atoms. The van der Waals surface area contributed by atoms with E-state index >= 15 is 0 Å². The van der Waals surface area contributed by atoms with Gasteiger partial charge in [-0.1, -0.05) is 29.4 Å². The lowest BCUT2D eigenvalue weighted by Gasteiger charge is -2.34. The van der Waals surface area contributed by atoms with Crippen molar-refractivity contribution < 1.29 is 27.6 Å². The van der Waals surface area contributed by atoms with Crippen LogP contribution in [0.1, 0.15) is 47.3 Å². The number of alkyl halides is 2. The van der Waals surface area contributed by atoms with Gasteiger partial charge in [0, 0.05) is 47.9 Å². The van der Waals surface area contributed by atoms with Crippen molar-refractivity contribution in [1.82, 2.24) is 9.97 Å². The number of halogens is 3. The third kappa shape index (κ3) is 4.08. The monoisotopic (exact) mass is 491 g/mol. The summed E-state index contributed by atoms with van der Waals surface area (Å²) in [5.74, 6) is 1.38. The van der Waals surface area contributed by atoms with Crippen LogP contribution in [-0.2, 0) is 29.7 Å². The van der Waals surface area contributed by atoms with Crippen LogP contribution in [0.25, 0.3) is 10.9 Å². The van der Waals surface area contributed by atoms with Gasteiger partial charge < -0.3 is 19.7 Å². The number of nitrogens with one attached hydrogen (secondary N) is 1. The molecular weight excluding hydrogens is 467 g/mol. The largest absolute Gasteiger partial charge is 0.616 e. The molecule has 0 atom stereocenters. The minimum Gasteiger partial charge on any atom is -0.616 e. The molecule has 0 radical (unpaired) electrons. The smallest absolute Gasteiger partial charge is 0.266 e. The molecule has 2 aliphatic rings. The van der Waals surface area contributed by atoms with Crippen LogP contribution in [0.3, 0.4) is 0 Å². The highest BCUT2D eigenvalue weighted by atomic mass is 32.2. The summed E-state index contributed by atoms with van der Waals surface area (Å²) >= 11 is -0.952. The molecule has 0 amide bonds. The Kier molecular flexibility index (Phi) is 6.07. The van der Waals surface area contributed by atoms with Crippen LogP contribution in [-0.4, -0.2) is 37.7 Å². The van der Waals surface area contributed by atoms with Crippen LogP contribution in [0.15, 0.2) is 24.3 Å². The summed E-state index contributed by atoms with van der Waals surface area (Å²) in [5, 5.41) is 15.2. The standard InChI is InChI=1S/C24H24F3N3O3S/c1-13-29-20-16-5-8-33-21(16)18(24(31)6-9-34(32)10-7-24)11-17(20)23(30-13)28-12-14-3-2-4-15(19(14)25)22(26)27/h2-4,11,22,31H,5-10,12H2,1H3,(H,28,29,30). The Bertz CT molecular complexity index is 1250. The number of benzene rings is 2. The van der Waals surface area contributed by atoms with Crippen LogP contribution in [0.5, 0.6) is 5.75 Å². The average Bonchev–Trinajstić information content (AvgIpc) is 3.30. The summed E-state index contributed by atoms with van der Waals surface area (Å²) in [5.41, 5.74) is 0.433. The average molecular weight is 492 g/mol. The molecule has 0 unspecified atom stereocenters. The Balaban J connectivity index is 1.58. The maximum Gasteiger partial charge on any atom is 0.266 e. The van der Waals surface area contributed by atoms with Crippen LogP contribution >= 0.6 is 0 Å². The lowest BCUT2D eigenvalue weighted by atomic mass is 9.85. The van der Waals surface area contributed by atoms with Gasteiger partial charge in [0.15, 0.2) is 0 Å². The first-order chi connectivity index (χ1) is 16.3. The minimum atomic E-state index is -2.90. The summed E-state index contributed by atoms with van der Waals surface area (Å²) in [7, 11) is 0. The normalized spacial score (nSPS) is 22.1. The van der Waals surface area contributed by atoms with Crippen molar-refractivity contribution in [2.45, 2.75) is 44.8 Å². The lowest BCUT2D eigenvalue weighted by molar-refractivity contribution is 0.0241. The van der Waals surface area contributed by atoms with Crippen molar-refractivity contribution in [3.8, 4) is 5.75 Å². The maximum atomic E-state index is 14.6. The third-order valence-corrected chi connectivity index (χ3v) is 7.85. The Morgan fingerprint density at radius 2 is 2.03 bits per heavy atom. The fourth-order valence-electron chi connectivity index (χ4n) is 4.71. The number of fused-ring (bicyclic) bond motifs is 3. The number of ether oxygens (including phenoxy) is 1. The predicted molar refractivity (Wildman–Crippen MR) is 123 cm³/mol. The zero-order valence-corrected chi connectivity index (χ0v) is 19.4. The predicted octanol–water partition coefficient (Wildman–Crippen LogP) is 4.29. The molecular formula is C24H24F3N3O3S. The third-order valence-electron chi connectivity index (χ3n) is 6.53. The van der Waals surface area contributed by atoms with E-state index in [1.807, 2.05) is 0 Å². The van der Waals surface area contributed by atoms with Gasteiger partial charge in [-0.2, -0.15) is 0 Å². The summed E-state index contributed by atoms with van der Waals surface area (Å²) in [6.45, 7) is 2.15. The second kappa shape index (κ2) is 8.90. The molecule has 6 nitrogen and oxygen atoms in total. The van der Waals surface area contributed by atoms with E-state index in [2.05, 4.69) is 15.3 Å². The van der Waals surface area contributed by atoms with Crippen molar-refractivity contribution in [2.24, 2.45) is 0 Å². The quantitative estimate of drug-likeness (QED) is 0.518. The van der Waals surface area contributed by atoms with E-state index in [-0.39, 0.29) is 12.1 Å². The van der Waals surface area contributed by atoms with Crippen molar-refractivity contribution in [3.05, 3.63) is 58.2 Å². The molecule has 10 heteroatoms. The molecule has 0 saturated carbocycles.